The van der Waals surface area contributed by atoms with E-state index >= 15 is 0 Å². The zero-order chi connectivity index (χ0) is 18.7. The largest absolute Gasteiger partial charge is 0.497 e. The maximum atomic E-state index is 12.7. The van der Waals surface area contributed by atoms with E-state index in [1.165, 1.54) is 0 Å². The summed E-state index contributed by atoms with van der Waals surface area (Å²) in [6.45, 7) is 3.10. The molecular weight excluding hydrogens is 336 g/mol. The Hall–Kier alpha value is -2.90. The van der Waals surface area contributed by atoms with E-state index in [9.17, 15) is 9.59 Å². The molecule has 8 nitrogen and oxygen atoms in total. The van der Waals surface area contributed by atoms with Gasteiger partial charge in [-0.1, -0.05) is 16.4 Å². The molecule has 0 spiro atoms. The maximum absolute atomic E-state index is 12.7. The summed E-state index contributed by atoms with van der Waals surface area (Å²) < 4.78 is 9.83. The first kappa shape index (κ1) is 17.9. The number of nitrogens with zero attached hydrogens (tertiary/aromatic N) is 4. The lowest BCUT2D eigenvalue weighted by Gasteiger charge is -2.21. The number of hydrogen-bond donors (Lipinski definition) is 0. The second-order valence-electron chi connectivity index (χ2n) is 6.46. The van der Waals surface area contributed by atoms with Crippen molar-refractivity contribution in [2.45, 2.75) is 19.9 Å². The highest BCUT2D eigenvalue weighted by molar-refractivity contribution is 5.95. The van der Waals surface area contributed by atoms with Gasteiger partial charge in [-0.15, -0.1) is 0 Å². The zero-order valence-electron chi connectivity index (χ0n) is 15.1. The van der Waals surface area contributed by atoms with Gasteiger partial charge in [0.25, 0.3) is 5.91 Å². The summed E-state index contributed by atoms with van der Waals surface area (Å²) in [5.41, 5.74) is 1.88. The molecule has 1 atom stereocenters. The average Bonchev–Trinajstić information content (AvgIpc) is 3.30. The second kappa shape index (κ2) is 7.55. The molecule has 2 aromatic rings. The Labute approximate surface area is 151 Å². The first-order valence-electron chi connectivity index (χ1n) is 8.46. The summed E-state index contributed by atoms with van der Waals surface area (Å²) in [5, 5.41) is 7.53. The minimum absolute atomic E-state index is 0.00616. The van der Waals surface area contributed by atoms with Crippen LogP contribution in [0.25, 0.3) is 0 Å². The van der Waals surface area contributed by atoms with E-state index in [0.717, 1.165) is 0 Å². The number of aryl methyl sites for hydroxylation is 1. The SMILES string of the molecule is COc1cccc(C(=O)N2CCC(C(=O)N(C)Cc3nonc3C)C2)c1. The third kappa shape index (κ3) is 3.68. The minimum Gasteiger partial charge on any atom is -0.497 e. The molecule has 8 heteroatoms. The molecule has 138 valence electrons. The number of amides is 2. The summed E-state index contributed by atoms with van der Waals surface area (Å²) >= 11 is 0. The van der Waals surface area contributed by atoms with E-state index in [2.05, 4.69) is 14.9 Å². The van der Waals surface area contributed by atoms with Crippen LogP contribution in [0, 0.1) is 12.8 Å². The van der Waals surface area contributed by atoms with Gasteiger partial charge in [0.1, 0.15) is 17.1 Å². The Balaban J connectivity index is 1.61. The molecule has 0 saturated carbocycles. The van der Waals surface area contributed by atoms with Crippen molar-refractivity contribution < 1.29 is 19.0 Å². The lowest BCUT2D eigenvalue weighted by molar-refractivity contribution is -0.134. The van der Waals surface area contributed by atoms with Crippen molar-refractivity contribution in [1.82, 2.24) is 20.1 Å². The zero-order valence-corrected chi connectivity index (χ0v) is 15.1. The normalized spacial score (nSPS) is 16.6. The number of carbonyl (C=O) groups excluding carboxylic acids is 2. The van der Waals surface area contributed by atoms with Gasteiger partial charge in [0, 0.05) is 25.7 Å². The van der Waals surface area contributed by atoms with Crippen LogP contribution in [-0.2, 0) is 11.3 Å². The van der Waals surface area contributed by atoms with Crippen LogP contribution in [0.2, 0.25) is 0 Å². The summed E-state index contributed by atoms with van der Waals surface area (Å²) in [7, 11) is 3.29. The van der Waals surface area contributed by atoms with Crippen LogP contribution in [-0.4, -0.2) is 59.2 Å². The molecule has 1 aromatic carbocycles. The fourth-order valence-corrected chi connectivity index (χ4v) is 3.09. The number of hydrogen-bond acceptors (Lipinski definition) is 6. The molecule has 1 aliphatic rings. The molecule has 1 aliphatic heterocycles. The van der Waals surface area contributed by atoms with E-state index in [1.54, 1.807) is 55.1 Å². The van der Waals surface area contributed by atoms with Gasteiger partial charge in [-0.3, -0.25) is 9.59 Å². The molecule has 26 heavy (non-hydrogen) atoms. The Morgan fingerprint density at radius 2 is 2.19 bits per heavy atom. The maximum Gasteiger partial charge on any atom is 0.254 e. The number of ether oxygens (including phenoxy) is 1. The third-order valence-corrected chi connectivity index (χ3v) is 4.65. The van der Waals surface area contributed by atoms with E-state index in [1.807, 2.05) is 0 Å². The van der Waals surface area contributed by atoms with Crippen LogP contribution in [0.5, 0.6) is 5.75 Å². The number of methoxy groups -OCH3 is 1. The Morgan fingerprint density at radius 3 is 2.88 bits per heavy atom. The molecule has 0 N–H and O–H groups in total. The van der Waals surface area contributed by atoms with Crippen LogP contribution in [0.1, 0.15) is 28.2 Å². The molecule has 0 aliphatic carbocycles. The molecule has 2 amide bonds. The molecule has 2 heterocycles. The van der Waals surface area contributed by atoms with Crippen molar-refractivity contribution in [2.24, 2.45) is 5.92 Å². The van der Waals surface area contributed by atoms with E-state index < -0.39 is 0 Å². The topological polar surface area (TPSA) is 88.8 Å². The van der Waals surface area contributed by atoms with Gasteiger partial charge in [0.2, 0.25) is 5.91 Å². The molecule has 0 bridgehead atoms. The van der Waals surface area contributed by atoms with E-state index in [0.29, 0.717) is 48.8 Å². The predicted molar refractivity (Wildman–Crippen MR) is 92.5 cm³/mol. The van der Waals surface area contributed by atoms with Crippen molar-refractivity contribution in [2.75, 3.05) is 27.2 Å². The molecule has 1 saturated heterocycles. The Kier molecular flexibility index (Phi) is 5.20. The molecule has 0 radical (unpaired) electrons. The van der Waals surface area contributed by atoms with Crippen molar-refractivity contribution in [3.05, 3.63) is 41.2 Å². The fraction of sp³-hybridized carbons (Fsp3) is 0.444. The lowest BCUT2D eigenvalue weighted by Crippen LogP contribution is -2.35. The highest BCUT2D eigenvalue weighted by atomic mass is 16.6. The molecule has 3 rings (SSSR count). The van der Waals surface area contributed by atoms with Crippen LogP contribution >= 0.6 is 0 Å². The van der Waals surface area contributed by atoms with Gasteiger partial charge in [-0.05, 0) is 31.5 Å². The Morgan fingerprint density at radius 1 is 1.38 bits per heavy atom. The van der Waals surface area contributed by atoms with Crippen LogP contribution in [0.4, 0.5) is 0 Å². The number of benzene rings is 1. The summed E-state index contributed by atoms with van der Waals surface area (Å²) in [6.07, 6.45) is 0.648. The minimum atomic E-state index is -0.213. The van der Waals surface area contributed by atoms with Crippen LogP contribution in [0.15, 0.2) is 28.9 Å². The highest BCUT2D eigenvalue weighted by Crippen LogP contribution is 2.22. The fourth-order valence-electron chi connectivity index (χ4n) is 3.09. The quantitative estimate of drug-likeness (QED) is 0.805. The third-order valence-electron chi connectivity index (χ3n) is 4.65. The van der Waals surface area contributed by atoms with Gasteiger partial charge in [-0.25, -0.2) is 4.63 Å². The number of aromatic nitrogens is 2. The smallest absolute Gasteiger partial charge is 0.254 e. The van der Waals surface area contributed by atoms with Gasteiger partial charge in [0.05, 0.1) is 19.6 Å². The van der Waals surface area contributed by atoms with Crippen LogP contribution in [0.3, 0.4) is 0 Å². The first-order chi connectivity index (χ1) is 12.5. The van der Waals surface area contributed by atoms with Crippen molar-refractivity contribution in [3.8, 4) is 5.75 Å². The molecular formula is C18H22N4O4. The van der Waals surface area contributed by atoms with Gasteiger partial charge in [0.15, 0.2) is 0 Å². The van der Waals surface area contributed by atoms with E-state index in [4.69, 9.17) is 4.74 Å². The van der Waals surface area contributed by atoms with Crippen molar-refractivity contribution >= 4 is 11.8 Å². The summed E-state index contributed by atoms with van der Waals surface area (Å²) in [4.78, 5) is 28.7. The van der Waals surface area contributed by atoms with Crippen molar-refractivity contribution in [3.63, 3.8) is 0 Å². The van der Waals surface area contributed by atoms with Gasteiger partial charge in [-0.2, -0.15) is 0 Å². The predicted octanol–water partition coefficient (Wildman–Crippen LogP) is 1.51. The monoisotopic (exact) mass is 358 g/mol. The number of rotatable bonds is 5. The molecule has 1 aromatic heterocycles. The van der Waals surface area contributed by atoms with Crippen LogP contribution < -0.4 is 4.74 Å². The average molecular weight is 358 g/mol. The summed E-state index contributed by atoms with van der Waals surface area (Å²) in [5.74, 6) is 0.334. The number of carbonyl (C=O) groups is 2. The molecule has 1 fully saturated rings. The number of likely N-dealkylation sites (tertiary alicyclic amines) is 1. The Bertz CT molecular complexity index is 804. The lowest BCUT2D eigenvalue weighted by atomic mass is 10.1. The first-order valence-corrected chi connectivity index (χ1v) is 8.46. The van der Waals surface area contributed by atoms with Crippen molar-refractivity contribution in [1.29, 1.82) is 0 Å². The van der Waals surface area contributed by atoms with Gasteiger partial charge < -0.3 is 14.5 Å². The summed E-state index contributed by atoms with van der Waals surface area (Å²) in [6, 6.07) is 7.05. The molecule has 1 unspecified atom stereocenters. The standard InChI is InChI=1S/C18H22N4O4/c1-12-16(20-26-19-12)11-21(2)17(23)14-7-8-22(10-14)18(24)13-5-4-6-15(9-13)25-3/h4-6,9,14H,7-8,10-11H2,1-3H3. The highest BCUT2D eigenvalue weighted by Gasteiger charge is 2.33. The second-order valence-corrected chi connectivity index (χ2v) is 6.46. The van der Waals surface area contributed by atoms with Gasteiger partial charge >= 0.3 is 0 Å². The van der Waals surface area contributed by atoms with E-state index in [-0.39, 0.29) is 17.7 Å².